The van der Waals surface area contributed by atoms with Gasteiger partial charge in [-0.05, 0) is 25.0 Å². The van der Waals surface area contributed by atoms with Gasteiger partial charge in [0, 0.05) is 26.2 Å². The highest BCUT2D eigenvalue weighted by Gasteiger charge is 2.18. The number of rotatable bonds is 3. The van der Waals surface area contributed by atoms with E-state index in [1.807, 2.05) is 12.3 Å². The van der Waals surface area contributed by atoms with Crippen LogP contribution in [-0.2, 0) is 0 Å². The summed E-state index contributed by atoms with van der Waals surface area (Å²) in [6.07, 6.45) is 4.74. The van der Waals surface area contributed by atoms with Crippen molar-refractivity contribution in [3.05, 3.63) is 18.3 Å². The number of hydrogen-bond acceptors (Lipinski definition) is 4. The van der Waals surface area contributed by atoms with Gasteiger partial charge in [0.25, 0.3) is 0 Å². The van der Waals surface area contributed by atoms with Crippen molar-refractivity contribution < 1.29 is 4.74 Å². The monoisotopic (exact) mass is 219 g/mol. The van der Waals surface area contributed by atoms with E-state index in [1.54, 1.807) is 0 Å². The van der Waals surface area contributed by atoms with Gasteiger partial charge in [0.05, 0.1) is 6.20 Å². The Hall–Kier alpha value is -1.29. The summed E-state index contributed by atoms with van der Waals surface area (Å²) in [6.45, 7) is 4.18. The van der Waals surface area contributed by atoms with Crippen LogP contribution in [0.1, 0.15) is 12.8 Å². The van der Waals surface area contributed by atoms with Gasteiger partial charge in [-0.1, -0.05) is 0 Å². The molecule has 2 fully saturated rings. The van der Waals surface area contributed by atoms with Crippen LogP contribution < -0.4 is 15.0 Å². The first kappa shape index (κ1) is 9.90. The molecule has 86 valence electrons. The SMILES string of the molecule is c1cc(N2CCCC2)ncc1OC1CNC1. The lowest BCUT2D eigenvalue weighted by molar-refractivity contribution is 0.142. The van der Waals surface area contributed by atoms with E-state index in [1.165, 1.54) is 12.8 Å². The Bertz CT molecular complexity index is 342. The van der Waals surface area contributed by atoms with Gasteiger partial charge in [0.2, 0.25) is 0 Å². The molecular weight excluding hydrogens is 202 g/mol. The van der Waals surface area contributed by atoms with Gasteiger partial charge in [0.15, 0.2) is 0 Å². The molecular formula is C12H17N3O. The zero-order chi connectivity index (χ0) is 10.8. The number of ether oxygens (including phenoxy) is 1. The number of nitrogens with one attached hydrogen (secondary N) is 1. The number of aromatic nitrogens is 1. The molecule has 0 amide bonds. The molecule has 1 aromatic rings. The lowest BCUT2D eigenvalue weighted by Crippen LogP contribution is -2.50. The lowest BCUT2D eigenvalue weighted by atomic mass is 10.2. The quantitative estimate of drug-likeness (QED) is 0.824. The highest BCUT2D eigenvalue weighted by Crippen LogP contribution is 2.20. The summed E-state index contributed by atoms with van der Waals surface area (Å²) in [5.74, 6) is 1.96. The van der Waals surface area contributed by atoms with Crippen LogP contribution in [0.5, 0.6) is 5.75 Å². The number of hydrogen-bond donors (Lipinski definition) is 1. The first-order valence-corrected chi connectivity index (χ1v) is 6.00. The van der Waals surface area contributed by atoms with Crippen LogP contribution in [0.3, 0.4) is 0 Å². The van der Waals surface area contributed by atoms with Crippen molar-refractivity contribution in [2.45, 2.75) is 18.9 Å². The molecule has 0 unspecified atom stereocenters. The number of nitrogens with zero attached hydrogens (tertiary/aromatic N) is 2. The first-order valence-electron chi connectivity index (χ1n) is 6.00. The number of pyridine rings is 1. The summed E-state index contributed by atoms with van der Waals surface area (Å²) in [5, 5.41) is 3.18. The summed E-state index contributed by atoms with van der Waals surface area (Å²) in [4.78, 5) is 6.78. The second kappa shape index (κ2) is 4.29. The number of anilines is 1. The fourth-order valence-corrected chi connectivity index (χ4v) is 2.11. The Labute approximate surface area is 95.6 Å². The van der Waals surface area contributed by atoms with Crippen LogP contribution in [-0.4, -0.2) is 37.3 Å². The van der Waals surface area contributed by atoms with Crippen molar-refractivity contribution in [3.63, 3.8) is 0 Å². The fourth-order valence-electron chi connectivity index (χ4n) is 2.11. The van der Waals surface area contributed by atoms with Gasteiger partial charge in [0.1, 0.15) is 17.7 Å². The van der Waals surface area contributed by atoms with Crippen molar-refractivity contribution in [2.24, 2.45) is 0 Å². The zero-order valence-electron chi connectivity index (χ0n) is 9.35. The lowest BCUT2D eigenvalue weighted by Gasteiger charge is -2.27. The van der Waals surface area contributed by atoms with Crippen LogP contribution in [0, 0.1) is 0 Å². The molecule has 0 bridgehead atoms. The van der Waals surface area contributed by atoms with Crippen molar-refractivity contribution in [2.75, 3.05) is 31.1 Å². The normalized spacial score (nSPS) is 20.9. The third-order valence-corrected chi connectivity index (χ3v) is 3.20. The Morgan fingerprint density at radius 2 is 2.06 bits per heavy atom. The maximum Gasteiger partial charge on any atom is 0.138 e. The van der Waals surface area contributed by atoms with Crippen LogP contribution in [0.15, 0.2) is 18.3 Å². The van der Waals surface area contributed by atoms with Crippen molar-refractivity contribution in [1.29, 1.82) is 0 Å². The molecule has 0 aromatic carbocycles. The Morgan fingerprint density at radius 1 is 1.25 bits per heavy atom. The fraction of sp³-hybridized carbons (Fsp3) is 0.583. The molecule has 0 saturated carbocycles. The van der Waals surface area contributed by atoms with E-state index >= 15 is 0 Å². The van der Waals surface area contributed by atoms with Gasteiger partial charge in [-0.25, -0.2) is 4.98 Å². The first-order chi connectivity index (χ1) is 7.92. The second-order valence-electron chi connectivity index (χ2n) is 4.44. The Balaban J connectivity index is 1.64. The molecule has 16 heavy (non-hydrogen) atoms. The summed E-state index contributed by atoms with van der Waals surface area (Å²) in [6, 6.07) is 4.09. The van der Waals surface area contributed by atoms with E-state index in [2.05, 4.69) is 21.3 Å². The van der Waals surface area contributed by atoms with Gasteiger partial charge in [-0.15, -0.1) is 0 Å². The molecule has 1 N–H and O–H groups in total. The summed E-state index contributed by atoms with van der Waals surface area (Å²) < 4.78 is 5.72. The van der Waals surface area contributed by atoms with E-state index in [4.69, 9.17) is 4.74 Å². The van der Waals surface area contributed by atoms with Crippen LogP contribution in [0.4, 0.5) is 5.82 Å². The van der Waals surface area contributed by atoms with Crippen molar-refractivity contribution >= 4 is 5.82 Å². The molecule has 0 radical (unpaired) electrons. The molecule has 2 aliphatic heterocycles. The molecule has 3 heterocycles. The summed E-state index contributed by atoms with van der Waals surface area (Å²) in [7, 11) is 0. The summed E-state index contributed by atoms with van der Waals surface area (Å²) >= 11 is 0. The van der Waals surface area contributed by atoms with Crippen molar-refractivity contribution in [3.8, 4) is 5.75 Å². The van der Waals surface area contributed by atoms with E-state index < -0.39 is 0 Å². The Morgan fingerprint density at radius 3 is 2.62 bits per heavy atom. The summed E-state index contributed by atoms with van der Waals surface area (Å²) in [5.41, 5.74) is 0. The molecule has 4 heteroatoms. The maximum atomic E-state index is 5.72. The topological polar surface area (TPSA) is 37.4 Å². The minimum atomic E-state index is 0.333. The van der Waals surface area contributed by atoms with E-state index in [-0.39, 0.29) is 0 Å². The third-order valence-electron chi connectivity index (χ3n) is 3.20. The molecule has 2 saturated heterocycles. The van der Waals surface area contributed by atoms with E-state index in [0.29, 0.717) is 6.10 Å². The zero-order valence-corrected chi connectivity index (χ0v) is 9.35. The van der Waals surface area contributed by atoms with Gasteiger partial charge in [-0.2, -0.15) is 0 Å². The van der Waals surface area contributed by atoms with Gasteiger partial charge < -0.3 is 15.0 Å². The van der Waals surface area contributed by atoms with Crippen LogP contribution in [0.25, 0.3) is 0 Å². The Kier molecular flexibility index (Phi) is 2.66. The second-order valence-corrected chi connectivity index (χ2v) is 4.44. The molecule has 3 rings (SSSR count). The average molecular weight is 219 g/mol. The average Bonchev–Trinajstić information content (AvgIpc) is 2.78. The minimum Gasteiger partial charge on any atom is -0.486 e. The molecule has 1 aromatic heterocycles. The van der Waals surface area contributed by atoms with Crippen molar-refractivity contribution in [1.82, 2.24) is 10.3 Å². The standard InChI is InChI=1S/C12H17N3O/c1-2-6-15(5-1)12-4-3-10(9-14-12)16-11-7-13-8-11/h3-4,9,11,13H,1-2,5-8H2. The van der Waals surface area contributed by atoms with Gasteiger partial charge in [-0.3, -0.25) is 0 Å². The van der Waals surface area contributed by atoms with Crippen LogP contribution in [0.2, 0.25) is 0 Å². The molecule has 0 aliphatic carbocycles. The third kappa shape index (κ3) is 1.97. The van der Waals surface area contributed by atoms with Gasteiger partial charge >= 0.3 is 0 Å². The van der Waals surface area contributed by atoms with Crippen LogP contribution >= 0.6 is 0 Å². The molecule has 0 atom stereocenters. The highest BCUT2D eigenvalue weighted by atomic mass is 16.5. The van der Waals surface area contributed by atoms with E-state index in [0.717, 1.165) is 37.7 Å². The smallest absolute Gasteiger partial charge is 0.138 e. The predicted molar refractivity (Wildman–Crippen MR) is 63.0 cm³/mol. The molecule has 4 nitrogen and oxygen atoms in total. The molecule has 0 spiro atoms. The maximum absolute atomic E-state index is 5.72. The predicted octanol–water partition coefficient (Wildman–Crippen LogP) is 1.03. The minimum absolute atomic E-state index is 0.333. The highest BCUT2D eigenvalue weighted by molar-refractivity contribution is 5.41. The molecule has 2 aliphatic rings. The largest absolute Gasteiger partial charge is 0.486 e. The van der Waals surface area contributed by atoms with E-state index in [9.17, 15) is 0 Å².